The molecule has 0 aliphatic carbocycles. The van der Waals surface area contributed by atoms with Crippen molar-refractivity contribution in [3.05, 3.63) is 81.8 Å². The standard InChI is InChI=1S/C23H20F3N3O3S/c1-15-28-17(13-33-15)12-32-18-6-4-5-16(11-18)9-10-21(30)29-20-8-3-2-7-19(20)22(31)27-14-23(24,25)26/h2-11,13H,12,14H2,1H3,(H,27,31)(H,29,30)/b10-9+. The van der Waals surface area contributed by atoms with E-state index in [9.17, 15) is 22.8 Å². The average Bonchev–Trinajstić information content (AvgIpc) is 3.20. The zero-order valence-electron chi connectivity index (χ0n) is 17.5. The van der Waals surface area contributed by atoms with Gasteiger partial charge in [-0.25, -0.2) is 4.98 Å². The van der Waals surface area contributed by atoms with Crippen LogP contribution in [0.5, 0.6) is 5.75 Å². The zero-order chi connectivity index (χ0) is 23.8. The monoisotopic (exact) mass is 475 g/mol. The molecule has 2 N–H and O–H groups in total. The Balaban J connectivity index is 1.61. The number of nitrogens with one attached hydrogen (secondary N) is 2. The van der Waals surface area contributed by atoms with Crippen LogP contribution in [0.15, 0.2) is 60.0 Å². The summed E-state index contributed by atoms with van der Waals surface area (Å²) in [6, 6.07) is 12.9. The minimum atomic E-state index is -4.53. The third-order valence-electron chi connectivity index (χ3n) is 4.22. The molecule has 3 rings (SSSR count). The first-order valence-electron chi connectivity index (χ1n) is 9.76. The summed E-state index contributed by atoms with van der Waals surface area (Å²) in [5.41, 5.74) is 1.56. The molecule has 0 unspecified atom stereocenters. The molecule has 2 aromatic carbocycles. The number of aryl methyl sites for hydroxylation is 1. The highest BCUT2D eigenvalue weighted by atomic mass is 32.1. The molecule has 0 aliphatic rings. The summed E-state index contributed by atoms with van der Waals surface area (Å²) in [6.45, 7) is 0.775. The summed E-state index contributed by atoms with van der Waals surface area (Å²) in [6.07, 6.45) is -1.72. The van der Waals surface area contributed by atoms with Crippen LogP contribution < -0.4 is 15.4 Å². The van der Waals surface area contributed by atoms with Crippen molar-refractivity contribution in [2.75, 3.05) is 11.9 Å². The Kier molecular flexibility index (Phi) is 7.83. The van der Waals surface area contributed by atoms with Crippen molar-refractivity contribution >= 4 is 34.9 Å². The lowest BCUT2D eigenvalue weighted by Crippen LogP contribution is -2.34. The van der Waals surface area contributed by atoms with E-state index in [2.05, 4.69) is 10.3 Å². The Labute approximate surface area is 192 Å². The van der Waals surface area contributed by atoms with Crippen molar-refractivity contribution in [3.8, 4) is 5.75 Å². The van der Waals surface area contributed by atoms with Gasteiger partial charge in [0.1, 0.15) is 18.9 Å². The number of carbonyl (C=O) groups excluding carboxylic acids is 2. The van der Waals surface area contributed by atoms with Crippen molar-refractivity contribution in [1.82, 2.24) is 10.3 Å². The molecule has 1 aromatic heterocycles. The zero-order valence-corrected chi connectivity index (χ0v) is 18.3. The van der Waals surface area contributed by atoms with Gasteiger partial charge in [0.15, 0.2) is 0 Å². The lowest BCUT2D eigenvalue weighted by atomic mass is 10.1. The summed E-state index contributed by atoms with van der Waals surface area (Å²) in [4.78, 5) is 28.7. The van der Waals surface area contributed by atoms with E-state index in [4.69, 9.17) is 4.74 Å². The fourth-order valence-corrected chi connectivity index (χ4v) is 3.35. The van der Waals surface area contributed by atoms with Gasteiger partial charge in [-0.3, -0.25) is 9.59 Å². The van der Waals surface area contributed by atoms with Crippen LogP contribution in [0.3, 0.4) is 0 Å². The van der Waals surface area contributed by atoms with Crippen molar-refractivity contribution in [3.63, 3.8) is 0 Å². The topological polar surface area (TPSA) is 80.3 Å². The molecular formula is C23H20F3N3O3S. The number of alkyl halides is 3. The van der Waals surface area contributed by atoms with Crippen molar-refractivity contribution in [1.29, 1.82) is 0 Å². The number of carbonyl (C=O) groups is 2. The van der Waals surface area contributed by atoms with E-state index in [1.807, 2.05) is 12.3 Å². The van der Waals surface area contributed by atoms with Crippen molar-refractivity contribution in [2.45, 2.75) is 19.7 Å². The van der Waals surface area contributed by atoms with E-state index in [0.717, 1.165) is 10.7 Å². The number of nitrogens with zero attached hydrogens (tertiary/aromatic N) is 1. The van der Waals surface area contributed by atoms with Crippen LogP contribution in [0.2, 0.25) is 0 Å². The minimum Gasteiger partial charge on any atom is -0.487 e. The van der Waals surface area contributed by atoms with Gasteiger partial charge in [0.2, 0.25) is 5.91 Å². The van der Waals surface area contributed by atoms with E-state index in [1.54, 1.807) is 41.7 Å². The van der Waals surface area contributed by atoms with Crippen LogP contribution in [0.4, 0.5) is 18.9 Å². The van der Waals surface area contributed by atoms with Crippen LogP contribution >= 0.6 is 11.3 Å². The molecule has 0 spiro atoms. The molecule has 1 heterocycles. The molecule has 0 radical (unpaired) electrons. The van der Waals surface area contributed by atoms with Crippen molar-refractivity contribution in [2.24, 2.45) is 0 Å². The Hall–Kier alpha value is -3.66. The summed E-state index contributed by atoms with van der Waals surface area (Å²) in [5, 5.41) is 7.18. The van der Waals surface area contributed by atoms with Crippen LogP contribution in [0.1, 0.15) is 26.6 Å². The van der Waals surface area contributed by atoms with Crippen LogP contribution in [-0.2, 0) is 11.4 Å². The molecule has 6 nitrogen and oxygen atoms in total. The number of aromatic nitrogens is 1. The number of hydrogen-bond donors (Lipinski definition) is 2. The highest BCUT2D eigenvalue weighted by molar-refractivity contribution is 7.09. The van der Waals surface area contributed by atoms with Gasteiger partial charge in [0, 0.05) is 11.5 Å². The number of ether oxygens (including phenoxy) is 1. The molecule has 0 aliphatic heterocycles. The van der Waals surface area contributed by atoms with Crippen LogP contribution in [0, 0.1) is 6.92 Å². The van der Waals surface area contributed by atoms with E-state index >= 15 is 0 Å². The number of benzene rings is 2. The number of thiazole rings is 1. The number of amides is 2. The number of para-hydroxylation sites is 1. The Bertz CT molecular complexity index is 1160. The van der Waals surface area contributed by atoms with Gasteiger partial charge in [-0.1, -0.05) is 24.3 Å². The van der Waals surface area contributed by atoms with Crippen LogP contribution in [-0.4, -0.2) is 29.5 Å². The molecule has 2 amide bonds. The Morgan fingerprint density at radius 1 is 1.15 bits per heavy atom. The summed E-state index contributed by atoms with van der Waals surface area (Å²) in [5.74, 6) is -0.877. The molecule has 3 aromatic rings. The number of halogens is 3. The number of anilines is 1. The first-order valence-corrected chi connectivity index (χ1v) is 10.6. The first-order chi connectivity index (χ1) is 15.7. The van der Waals surface area contributed by atoms with E-state index in [0.29, 0.717) is 17.9 Å². The third kappa shape index (κ3) is 7.76. The molecule has 0 saturated carbocycles. The smallest absolute Gasteiger partial charge is 0.405 e. The van der Waals surface area contributed by atoms with Gasteiger partial charge < -0.3 is 15.4 Å². The maximum absolute atomic E-state index is 12.4. The second kappa shape index (κ2) is 10.8. The second-order valence-electron chi connectivity index (χ2n) is 6.89. The molecule has 0 atom stereocenters. The Morgan fingerprint density at radius 3 is 2.67 bits per heavy atom. The third-order valence-corrected chi connectivity index (χ3v) is 5.04. The Morgan fingerprint density at radius 2 is 1.94 bits per heavy atom. The lowest BCUT2D eigenvalue weighted by Gasteiger charge is -2.11. The lowest BCUT2D eigenvalue weighted by molar-refractivity contribution is -0.123. The minimum absolute atomic E-state index is 0.0730. The van der Waals surface area contributed by atoms with E-state index < -0.39 is 24.5 Å². The maximum atomic E-state index is 12.4. The molecular weight excluding hydrogens is 455 g/mol. The van der Waals surface area contributed by atoms with Gasteiger partial charge in [-0.15, -0.1) is 11.3 Å². The average molecular weight is 475 g/mol. The van der Waals surface area contributed by atoms with E-state index in [1.165, 1.54) is 35.6 Å². The normalized spacial score (nSPS) is 11.4. The molecule has 0 fully saturated rings. The molecule has 10 heteroatoms. The highest BCUT2D eigenvalue weighted by Gasteiger charge is 2.28. The van der Waals surface area contributed by atoms with Gasteiger partial charge in [0.05, 0.1) is 22.0 Å². The first kappa shape index (κ1) is 24.0. The largest absolute Gasteiger partial charge is 0.487 e. The fourth-order valence-electron chi connectivity index (χ4n) is 2.75. The molecule has 172 valence electrons. The van der Waals surface area contributed by atoms with Gasteiger partial charge in [-0.2, -0.15) is 13.2 Å². The van der Waals surface area contributed by atoms with Gasteiger partial charge >= 0.3 is 6.18 Å². The quantitative estimate of drug-likeness (QED) is 0.451. The SMILES string of the molecule is Cc1nc(COc2cccc(/C=C/C(=O)Nc3ccccc3C(=O)NCC(F)(F)F)c2)cs1. The van der Waals surface area contributed by atoms with Crippen LogP contribution in [0.25, 0.3) is 6.08 Å². The predicted molar refractivity (Wildman–Crippen MR) is 120 cm³/mol. The summed E-state index contributed by atoms with van der Waals surface area (Å²) >= 11 is 1.54. The second-order valence-corrected chi connectivity index (χ2v) is 7.95. The fraction of sp³-hybridized carbons (Fsp3) is 0.174. The highest BCUT2D eigenvalue weighted by Crippen LogP contribution is 2.19. The molecule has 33 heavy (non-hydrogen) atoms. The number of rotatable bonds is 8. The van der Waals surface area contributed by atoms with Gasteiger partial charge in [0.25, 0.3) is 5.91 Å². The number of hydrogen-bond acceptors (Lipinski definition) is 5. The molecule has 0 bridgehead atoms. The summed E-state index contributed by atoms with van der Waals surface area (Å²) in [7, 11) is 0. The van der Waals surface area contributed by atoms with Crippen molar-refractivity contribution < 1.29 is 27.5 Å². The predicted octanol–water partition coefficient (Wildman–Crippen LogP) is 4.97. The maximum Gasteiger partial charge on any atom is 0.405 e. The summed E-state index contributed by atoms with van der Waals surface area (Å²) < 4.78 is 42.8. The molecule has 0 saturated heterocycles. The van der Waals surface area contributed by atoms with E-state index in [-0.39, 0.29) is 11.3 Å². The van der Waals surface area contributed by atoms with Gasteiger partial charge in [-0.05, 0) is 42.8 Å².